The summed E-state index contributed by atoms with van der Waals surface area (Å²) in [5.74, 6) is 2.21. The van der Waals surface area contributed by atoms with Crippen LogP contribution in [0, 0.1) is 11.8 Å². The van der Waals surface area contributed by atoms with Crippen LogP contribution in [0.25, 0.3) is 0 Å². The highest BCUT2D eigenvalue weighted by Crippen LogP contribution is 2.33. The number of hydrogen-bond donors (Lipinski definition) is 1. The number of ether oxygens (including phenoxy) is 2. The van der Waals surface area contributed by atoms with Gasteiger partial charge in [0.05, 0.1) is 26.0 Å². The molecule has 0 unspecified atom stereocenters. The summed E-state index contributed by atoms with van der Waals surface area (Å²) in [4.78, 5) is 20.1. The third-order valence-corrected chi connectivity index (χ3v) is 6.90. The lowest BCUT2D eigenvalue weighted by atomic mass is 9.87. The smallest absolute Gasteiger partial charge is 0.223 e. The molecule has 2 aliphatic rings. The van der Waals surface area contributed by atoms with Gasteiger partial charge in [-0.15, -0.1) is 0 Å². The molecule has 1 aliphatic heterocycles. The highest BCUT2D eigenvalue weighted by molar-refractivity contribution is 5.79. The number of methoxy groups -OCH3 is 2. The Morgan fingerprint density at radius 3 is 2.62 bits per heavy atom. The molecule has 2 heterocycles. The molecule has 0 bridgehead atoms. The molecule has 1 aromatic heterocycles. The van der Waals surface area contributed by atoms with Gasteiger partial charge in [0.1, 0.15) is 0 Å². The number of rotatable bonds is 8. The number of pyridine rings is 1. The summed E-state index contributed by atoms with van der Waals surface area (Å²) in [6.45, 7) is 2.83. The van der Waals surface area contributed by atoms with Crippen LogP contribution in [-0.4, -0.2) is 43.1 Å². The van der Waals surface area contributed by atoms with Crippen molar-refractivity contribution in [1.29, 1.82) is 0 Å². The minimum absolute atomic E-state index is 0.0440. The van der Waals surface area contributed by atoms with Gasteiger partial charge in [-0.2, -0.15) is 0 Å². The Hall–Kier alpha value is -2.60. The third kappa shape index (κ3) is 5.41. The highest BCUT2D eigenvalue weighted by Gasteiger charge is 2.33. The number of nitrogens with one attached hydrogen (secondary N) is 1. The van der Waals surface area contributed by atoms with Crippen LogP contribution in [0.4, 0.5) is 0 Å². The van der Waals surface area contributed by atoms with E-state index in [1.807, 2.05) is 30.5 Å². The van der Waals surface area contributed by atoms with Crippen LogP contribution >= 0.6 is 0 Å². The fourth-order valence-electron chi connectivity index (χ4n) is 5.20. The first-order valence-corrected chi connectivity index (χ1v) is 11.8. The number of piperidine rings is 1. The zero-order valence-electron chi connectivity index (χ0n) is 19.3. The van der Waals surface area contributed by atoms with E-state index in [0.29, 0.717) is 5.92 Å². The van der Waals surface area contributed by atoms with E-state index in [4.69, 9.17) is 9.47 Å². The lowest BCUT2D eigenvalue weighted by Crippen LogP contribution is -2.44. The summed E-state index contributed by atoms with van der Waals surface area (Å²) >= 11 is 0. The maximum atomic E-state index is 13.0. The molecule has 4 rings (SSSR count). The van der Waals surface area contributed by atoms with E-state index in [1.165, 1.54) is 5.56 Å². The average molecular weight is 438 g/mol. The Balaban J connectivity index is 1.47. The van der Waals surface area contributed by atoms with E-state index in [9.17, 15) is 4.79 Å². The molecule has 2 fully saturated rings. The SMILES string of the molecule is COc1ccc(CN2CCC[C@H]([C@@H](NC(=O)C3CCCC3)c3ccccn3)C2)cc1OC. The fourth-order valence-corrected chi connectivity index (χ4v) is 5.20. The van der Waals surface area contributed by atoms with Crippen molar-refractivity contribution in [1.82, 2.24) is 15.2 Å². The highest BCUT2D eigenvalue weighted by atomic mass is 16.5. The number of hydrogen-bond acceptors (Lipinski definition) is 5. The molecule has 172 valence electrons. The maximum Gasteiger partial charge on any atom is 0.223 e. The van der Waals surface area contributed by atoms with Crippen LogP contribution in [0.1, 0.15) is 55.8 Å². The van der Waals surface area contributed by atoms with Crippen LogP contribution in [0.2, 0.25) is 0 Å². The molecule has 2 atom stereocenters. The Bertz CT molecular complexity index is 883. The monoisotopic (exact) mass is 437 g/mol. The number of nitrogens with zero attached hydrogens (tertiary/aromatic N) is 2. The molecule has 6 nitrogen and oxygen atoms in total. The standard InChI is InChI=1S/C26H35N3O3/c1-31-23-13-12-19(16-24(23)32-2)17-29-15-7-10-21(18-29)25(22-11-5-6-14-27-22)28-26(30)20-8-3-4-9-20/h5-6,11-14,16,20-21,25H,3-4,7-10,15,17-18H2,1-2H3,(H,28,30)/t21-,25+/m0/s1. The molecular formula is C26H35N3O3. The van der Waals surface area contributed by atoms with Crippen molar-refractivity contribution < 1.29 is 14.3 Å². The van der Waals surface area contributed by atoms with Crippen molar-refractivity contribution >= 4 is 5.91 Å². The molecule has 6 heteroatoms. The van der Waals surface area contributed by atoms with Gasteiger partial charge < -0.3 is 14.8 Å². The Labute approximate surface area is 191 Å². The summed E-state index contributed by atoms with van der Waals surface area (Å²) in [6, 6.07) is 12.1. The second-order valence-electron chi connectivity index (χ2n) is 9.05. The minimum Gasteiger partial charge on any atom is -0.493 e. The molecule has 1 saturated carbocycles. The summed E-state index contributed by atoms with van der Waals surface area (Å²) in [5.41, 5.74) is 2.17. The van der Waals surface area contributed by atoms with Gasteiger partial charge in [0.2, 0.25) is 5.91 Å². The van der Waals surface area contributed by atoms with Crippen LogP contribution < -0.4 is 14.8 Å². The maximum absolute atomic E-state index is 13.0. The normalized spacial score (nSPS) is 20.6. The van der Waals surface area contributed by atoms with Gasteiger partial charge in [0.15, 0.2) is 11.5 Å². The molecule has 1 amide bonds. The lowest BCUT2D eigenvalue weighted by molar-refractivity contribution is -0.126. The van der Waals surface area contributed by atoms with Crippen molar-refractivity contribution in [2.24, 2.45) is 11.8 Å². The van der Waals surface area contributed by atoms with E-state index >= 15 is 0 Å². The van der Waals surface area contributed by atoms with Crippen LogP contribution in [-0.2, 0) is 11.3 Å². The number of benzene rings is 1. The number of carbonyl (C=O) groups is 1. The molecule has 1 N–H and O–H groups in total. The van der Waals surface area contributed by atoms with Crippen molar-refractivity contribution in [3.63, 3.8) is 0 Å². The summed E-state index contributed by atoms with van der Waals surface area (Å²) in [5, 5.41) is 3.40. The molecule has 0 radical (unpaired) electrons. The van der Waals surface area contributed by atoms with Gasteiger partial charge >= 0.3 is 0 Å². The van der Waals surface area contributed by atoms with E-state index in [-0.39, 0.29) is 17.9 Å². The Morgan fingerprint density at radius 2 is 1.91 bits per heavy atom. The number of carbonyl (C=O) groups excluding carboxylic acids is 1. The molecule has 1 saturated heterocycles. The van der Waals surface area contributed by atoms with Crippen LogP contribution in [0.5, 0.6) is 11.5 Å². The van der Waals surface area contributed by atoms with E-state index in [0.717, 1.165) is 75.4 Å². The molecular weight excluding hydrogens is 402 g/mol. The second-order valence-corrected chi connectivity index (χ2v) is 9.05. The summed E-state index contributed by atoms with van der Waals surface area (Å²) in [6.07, 6.45) is 8.38. The fraction of sp³-hybridized carbons (Fsp3) is 0.538. The molecule has 32 heavy (non-hydrogen) atoms. The molecule has 0 spiro atoms. The van der Waals surface area contributed by atoms with Crippen molar-refractivity contribution in [3.05, 3.63) is 53.9 Å². The van der Waals surface area contributed by atoms with Gasteiger partial charge in [-0.05, 0) is 68.0 Å². The Morgan fingerprint density at radius 1 is 1.09 bits per heavy atom. The zero-order chi connectivity index (χ0) is 22.3. The summed E-state index contributed by atoms with van der Waals surface area (Å²) < 4.78 is 10.8. The van der Waals surface area contributed by atoms with Gasteiger partial charge in [-0.3, -0.25) is 14.7 Å². The first kappa shape index (κ1) is 22.6. The largest absolute Gasteiger partial charge is 0.493 e. The first-order chi connectivity index (χ1) is 15.7. The Kier molecular flexibility index (Phi) is 7.63. The predicted octanol–water partition coefficient (Wildman–Crippen LogP) is 4.36. The number of amides is 1. The summed E-state index contributed by atoms with van der Waals surface area (Å²) in [7, 11) is 3.33. The molecule has 1 aliphatic carbocycles. The van der Waals surface area contributed by atoms with Crippen LogP contribution in [0.3, 0.4) is 0 Å². The minimum atomic E-state index is -0.0440. The average Bonchev–Trinajstić information content (AvgIpc) is 3.38. The molecule has 1 aromatic carbocycles. The van der Waals surface area contributed by atoms with Gasteiger partial charge in [-0.1, -0.05) is 25.0 Å². The van der Waals surface area contributed by atoms with Gasteiger partial charge in [0, 0.05) is 25.2 Å². The van der Waals surface area contributed by atoms with Gasteiger partial charge in [-0.25, -0.2) is 0 Å². The zero-order valence-corrected chi connectivity index (χ0v) is 19.3. The van der Waals surface area contributed by atoms with Crippen LogP contribution in [0.15, 0.2) is 42.6 Å². The van der Waals surface area contributed by atoms with Crippen molar-refractivity contribution in [3.8, 4) is 11.5 Å². The van der Waals surface area contributed by atoms with Crippen molar-refractivity contribution in [2.45, 2.75) is 51.1 Å². The topological polar surface area (TPSA) is 63.7 Å². The van der Waals surface area contributed by atoms with Crippen molar-refractivity contribution in [2.75, 3.05) is 27.3 Å². The quantitative estimate of drug-likeness (QED) is 0.665. The lowest BCUT2D eigenvalue weighted by Gasteiger charge is -2.37. The van der Waals surface area contributed by atoms with E-state index in [1.54, 1.807) is 14.2 Å². The predicted molar refractivity (Wildman–Crippen MR) is 125 cm³/mol. The second kappa shape index (κ2) is 10.8. The number of likely N-dealkylation sites (tertiary alicyclic amines) is 1. The molecule has 2 aromatic rings. The van der Waals surface area contributed by atoms with Gasteiger partial charge in [0.25, 0.3) is 0 Å². The van der Waals surface area contributed by atoms with E-state index in [2.05, 4.69) is 27.3 Å². The van der Waals surface area contributed by atoms with E-state index < -0.39 is 0 Å². The number of aromatic nitrogens is 1. The first-order valence-electron chi connectivity index (χ1n) is 11.8. The third-order valence-electron chi connectivity index (χ3n) is 6.90.